The molecule has 2 aromatic carbocycles. The third-order valence-corrected chi connectivity index (χ3v) is 3.93. The van der Waals surface area contributed by atoms with Crippen LogP contribution in [0.2, 0.25) is 0 Å². The van der Waals surface area contributed by atoms with Crippen molar-refractivity contribution in [3.63, 3.8) is 0 Å². The fourth-order valence-electron chi connectivity index (χ4n) is 1.34. The molecule has 0 saturated heterocycles. The summed E-state index contributed by atoms with van der Waals surface area (Å²) in [7, 11) is 0. The molecule has 0 atom stereocenters. The minimum Gasteiger partial charge on any atom is -0.478 e. The highest BCUT2D eigenvalue weighted by molar-refractivity contribution is 9.10. The SMILES string of the molecule is O=C(Cl)C(=O)Cl.O=C(Cl)c1cc(F)cc(Br)c1.O=C(O)c1cc(F)cc(Br)c1. The second kappa shape index (κ2) is 12.9. The predicted molar refractivity (Wildman–Crippen MR) is 107 cm³/mol. The third kappa shape index (κ3) is 11.5. The lowest BCUT2D eigenvalue weighted by atomic mass is 10.2. The zero-order valence-corrected chi connectivity index (χ0v) is 18.6. The lowest BCUT2D eigenvalue weighted by Gasteiger charge is -1.95. The molecule has 0 saturated carbocycles. The van der Waals surface area contributed by atoms with E-state index < -0.39 is 33.3 Å². The van der Waals surface area contributed by atoms with E-state index in [1.165, 1.54) is 24.3 Å². The normalized spacial score (nSPS) is 9.25. The highest BCUT2D eigenvalue weighted by Crippen LogP contribution is 2.16. The van der Waals surface area contributed by atoms with Crippen LogP contribution in [0.5, 0.6) is 0 Å². The molecule has 0 aromatic heterocycles. The van der Waals surface area contributed by atoms with Crippen molar-refractivity contribution in [2.75, 3.05) is 0 Å². The van der Waals surface area contributed by atoms with E-state index in [9.17, 15) is 28.0 Å². The van der Waals surface area contributed by atoms with Gasteiger partial charge >= 0.3 is 16.5 Å². The summed E-state index contributed by atoms with van der Waals surface area (Å²) in [5, 5.41) is 5.50. The average molecular weight is 583 g/mol. The monoisotopic (exact) mass is 580 g/mol. The van der Waals surface area contributed by atoms with Crippen LogP contribution < -0.4 is 0 Å². The Bertz CT molecular complexity index is 796. The van der Waals surface area contributed by atoms with Gasteiger partial charge in [0.15, 0.2) is 0 Å². The van der Waals surface area contributed by atoms with Crippen LogP contribution in [0.4, 0.5) is 8.78 Å². The number of hydrogen-bond donors (Lipinski definition) is 1. The van der Waals surface area contributed by atoms with Crippen molar-refractivity contribution in [1.82, 2.24) is 0 Å². The fraction of sp³-hybridized carbons (Fsp3) is 0. The maximum Gasteiger partial charge on any atom is 0.335 e. The molecule has 28 heavy (non-hydrogen) atoms. The second-order valence-corrected chi connectivity index (χ2v) is 7.30. The first kappa shape index (κ1) is 26.6. The highest BCUT2D eigenvalue weighted by Gasteiger charge is 2.05. The first-order valence-electron chi connectivity index (χ1n) is 6.58. The molecule has 0 unspecified atom stereocenters. The number of carboxylic acid groups (broad SMARTS) is 1. The molecule has 2 rings (SSSR count). The van der Waals surface area contributed by atoms with Crippen molar-refractivity contribution in [1.29, 1.82) is 0 Å². The molecule has 0 aliphatic heterocycles. The summed E-state index contributed by atoms with van der Waals surface area (Å²) < 4.78 is 26.0. The van der Waals surface area contributed by atoms with Gasteiger partial charge in [-0.05, 0) is 71.2 Å². The van der Waals surface area contributed by atoms with Gasteiger partial charge < -0.3 is 5.11 Å². The molecular formula is C16H7Br2Cl3F2O5. The Balaban J connectivity index is 0.000000411. The number of halogens is 7. The Labute approximate surface area is 188 Å². The Kier molecular flexibility index (Phi) is 12.3. The van der Waals surface area contributed by atoms with Gasteiger partial charge in [-0.15, -0.1) is 0 Å². The Morgan fingerprint density at radius 2 is 1.07 bits per heavy atom. The number of aromatic carboxylic acids is 1. The topological polar surface area (TPSA) is 88.5 Å². The number of rotatable bonds is 3. The first-order valence-corrected chi connectivity index (χ1v) is 9.30. The van der Waals surface area contributed by atoms with Gasteiger partial charge in [0.2, 0.25) is 0 Å². The zero-order chi connectivity index (χ0) is 22.0. The van der Waals surface area contributed by atoms with Crippen LogP contribution in [-0.4, -0.2) is 26.8 Å². The molecule has 0 heterocycles. The molecule has 0 bridgehead atoms. The van der Waals surface area contributed by atoms with E-state index in [2.05, 4.69) is 55.1 Å². The van der Waals surface area contributed by atoms with Crippen LogP contribution in [0.1, 0.15) is 20.7 Å². The molecule has 2 aromatic rings. The molecule has 0 aliphatic rings. The van der Waals surface area contributed by atoms with Crippen molar-refractivity contribution in [3.05, 3.63) is 68.1 Å². The van der Waals surface area contributed by atoms with Gasteiger partial charge in [-0.1, -0.05) is 31.9 Å². The molecule has 1 N–H and O–H groups in total. The highest BCUT2D eigenvalue weighted by atomic mass is 79.9. The second-order valence-electron chi connectivity index (χ2n) is 4.44. The van der Waals surface area contributed by atoms with Crippen LogP contribution in [0.15, 0.2) is 45.3 Å². The molecule has 0 fully saturated rings. The van der Waals surface area contributed by atoms with E-state index in [0.717, 1.165) is 12.1 Å². The molecule has 12 heteroatoms. The largest absolute Gasteiger partial charge is 0.478 e. The molecule has 0 aliphatic carbocycles. The van der Waals surface area contributed by atoms with Crippen LogP contribution >= 0.6 is 66.7 Å². The number of carbonyl (C=O) groups is 4. The summed E-state index contributed by atoms with van der Waals surface area (Å²) in [6, 6.07) is 7.30. The Hall–Kier alpha value is -1.39. The van der Waals surface area contributed by atoms with E-state index in [-0.39, 0.29) is 11.1 Å². The zero-order valence-electron chi connectivity index (χ0n) is 13.2. The maximum absolute atomic E-state index is 12.5. The summed E-state index contributed by atoms with van der Waals surface area (Å²) in [5.74, 6) is -2.18. The van der Waals surface area contributed by atoms with Crippen molar-refractivity contribution < 1.29 is 33.1 Å². The van der Waals surface area contributed by atoms with Crippen LogP contribution in [0.25, 0.3) is 0 Å². The quantitative estimate of drug-likeness (QED) is 0.366. The molecule has 0 spiro atoms. The van der Waals surface area contributed by atoms with Gasteiger partial charge in [0.1, 0.15) is 11.6 Å². The van der Waals surface area contributed by atoms with Gasteiger partial charge in [-0.2, -0.15) is 0 Å². The Morgan fingerprint density at radius 1 is 0.714 bits per heavy atom. The summed E-state index contributed by atoms with van der Waals surface area (Å²) in [5.41, 5.74) is 0.0930. The van der Waals surface area contributed by atoms with Gasteiger partial charge in [-0.3, -0.25) is 14.4 Å². The molecule has 5 nitrogen and oxygen atoms in total. The van der Waals surface area contributed by atoms with Gasteiger partial charge in [0.25, 0.3) is 5.24 Å². The Morgan fingerprint density at radius 3 is 1.36 bits per heavy atom. The van der Waals surface area contributed by atoms with Crippen molar-refractivity contribution in [3.8, 4) is 0 Å². The standard InChI is InChI=1S/C7H3BrClFO.C7H4BrFO2.C2Cl2O2/c8-5-1-4(7(9)11)2-6(10)3-5;8-5-1-4(7(10)11)2-6(9)3-5;3-1(5)2(4)6/h1-3H;1-3H,(H,10,11);. The van der Waals surface area contributed by atoms with Crippen molar-refractivity contribution in [2.24, 2.45) is 0 Å². The molecule has 0 radical (unpaired) electrons. The molecule has 150 valence electrons. The summed E-state index contributed by atoms with van der Waals surface area (Å²) in [6.45, 7) is 0. The maximum atomic E-state index is 12.5. The van der Waals surface area contributed by atoms with Crippen LogP contribution in [0, 0.1) is 11.6 Å². The number of carboxylic acids is 1. The van der Waals surface area contributed by atoms with E-state index in [0.29, 0.717) is 8.95 Å². The molecular weight excluding hydrogens is 576 g/mol. The smallest absolute Gasteiger partial charge is 0.335 e. The van der Waals surface area contributed by atoms with Crippen molar-refractivity contribution >= 4 is 88.4 Å². The van der Waals surface area contributed by atoms with E-state index in [1.807, 2.05) is 0 Å². The van der Waals surface area contributed by atoms with E-state index in [4.69, 9.17) is 16.7 Å². The third-order valence-electron chi connectivity index (χ3n) is 2.35. The number of hydrogen-bond acceptors (Lipinski definition) is 4. The van der Waals surface area contributed by atoms with Gasteiger partial charge in [-0.25, -0.2) is 13.6 Å². The fourth-order valence-corrected chi connectivity index (χ4v) is 2.38. The lowest BCUT2D eigenvalue weighted by molar-refractivity contribution is -0.127. The summed E-state index contributed by atoms with van der Waals surface area (Å²) >= 11 is 20.1. The number of benzene rings is 2. The predicted octanol–water partition coefficient (Wildman–Crippen LogP) is 5.77. The van der Waals surface area contributed by atoms with Gasteiger partial charge in [0, 0.05) is 14.5 Å². The minimum absolute atomic E-state index is 0.0584. The lowest BCUT2D eigenvalue weighted by Crippen LogP contribution is -1.96. The van der Waals surface area contributed by atoms with Crippen LogP contribution in [0.3, 0.4) is 0 Å². The summed E-state index contributed by atoms with van der Waals surface area (Å²) in [6.07, 6.45) is 0. The van der Waals surface area contributed by atoms with Crippen molar-refractivity contribution in [2.45, 2.75) is 0 Å². The van der Waals surface area contributed by atoms with E-state index in [1.54, 1.807) is 0 Å². The minimum atomic E-state index is -1.14. The van der Waals surface area contributed by atoms with Gasteiger partial charge in [0.05, 0.1) is 5.56 Å². The van der Waals surface area contributed by atoms with E-state index >= 15 is 0 Å². The number of carbonyl (C=O) groups excluding carboxylic acids is 3. The van der Waals surface area contributed by atoms with Crippen LogP contribution in [-0.2, 0) is 9.59 Å². The summed E-state index contributed by atoms with van der Waals surface area (Å²) in [4.78, 5) is 39.7. The first-order chi connectivity index (χ1) is 12.8. The molecule has 0 amide bonds. The average Bonchev–Trinajstić information content (AvgIpc) is 2.54.